The van der Waals surface area contributed by atoms with Crippen LogP contribution in [-0.4, -0.2) is 22.0 Å². The van der Waals surface area contributed by atoms with E-state index in [4.69, 9.17) is 22.1 Å². The van der Waals surface area contributed by atoms with Gasteiger partial charge in [0.2, 0.25) is 0 Å². The van der Waals surface area contributed by atoms with Crippen LogP contribution < -0.4 is 15.8 Å². The third kappa shape index (κ3) is 4.45. The number of rotatable bonds is 6. The minimum absolute atomic E-state index is 0.0973. The monoisotopic (exact) mass is 453 g/mol. The molecule has 1 amide bonds. The van der Waals surface area contributed by atoms with Crippen molar-refractivity contribution in [3.8, 4) is 5.75 Å². The second-order valence-corrected chi connectivity index (χ2v) is 7.92. The number of nitrogens with two attached hydrogens (primary N) is 1. The van der Waals surface area contributed by atoms with Gasteiger partial charge in [0.15, 0.2) is 0 Å². The number of thiophene rings is 1. The largest absolute Gasteiger partial charge is 0.489 e. The molecule has 0 atom stereocenters. The van der Waals surface area contributed by atoms with Gasteiger partial charge in [0.1, 0.15) is 18.2 Å². The average molecular weight is 454 g/mol. The molecule has 0 aliphatic rings. The Morgan fingerprint density at radius 1 is 1.19 bits per heavy atom. The Balaban J connectivity index is 1.52. The zero-order valence-corrected chi connectivity index (χ0v) is 17.5. The number of nitrogen functional groups attached to an aromatic ring is 1. The number of anilines is 2. The smallest absolute Gasteiger partial charge is 0.338 e. The zero-order valence-electron chi connectivity index (χ0n) is 16.0. The van der Waals surface area contributed by atoms with Gasteiger partial charge in [-0.1, -0.05) is 23.7 Å². The molecule has 0 aliphatic carbocycles. The fraction of sp³-hybridized carbons (Fsp3) is 0.0455. The highest BCUT2D eigenvalue weighted by molar-refractivity contribution is 7.17. The van der Waals surface area contributed by atoms with Gasteiger partial charge in [-0.05, 0) is 41.8 Å². The van der Waals surface area contributed by atoms with E-state index >= 15 is 0 Å². The molecule has 2 aromatic carbocycles. The molecule has 0 saturated carbocycles. The number of carboxylic acids is 1. The quantitative estimate of drug-likeness (QED) is 0.376. The molecule has 0 spiro atoms. The van der Waals surface area contributed by atoms with Crippen LogP contribution in [0.2, 0.25) is 5.02 Å². The highest BCUT2D eigenvalue weighted by Crippen LogP contribution is 2.33. The summed E-state index contributed by atoms with van der Waals surface area (Å²) in [6.45, 7) is 0.147. The first kappa shape index (κ1) is 20.6. The number of amides is 1. The fourth-order valence-electron chi connectivity index (χ4n) is 3.05. The number of hydrogen-bond acceptors (Lipinski definition) is 6. The summed E-state index contributed by atoms with van der Waals surface area (Å²) in [4.78, 5) is 27.9. The molecule has 0 bridgehead atoms. The molecule has 0 fully saturated rings. The van der Waals surface area contributed by atoms with E-state index in [9.17, 15) is 14.7 Å². The summed E-state index contributed by atoms with van der Waals surface area (Å²) >= 11 is 7.23. The van der Waals surface area contributed by atoms with E-state index in [1.165, 1.54) is 17.5 Å². The number of benzene rings is 2. The Kier molecular flexibility index (Phi) is 5.75. The lowest BCUT2D eigenvalue weighted by Crippen LogP contribution is -2.11. The standard InChI is InChI=1S/C22H16ClN3O4S/c23-14-4-2-5-15(8-14)26-21(27)12-3-1-6-16(7-12)30-10-13-11-31-19-17(22(28)29)9-25-20(24)18(13)19/h1-9,11H,10H2,(H2,24,25)(H,26,27)(H,28,29). The highest BCUT2D eigenvalue weighted by atomic mass is 35.5. The zero-order chi connectivity index (χ0) is 22.0. The van der Waals surface area contributed by atoms with Gasteiger partial charge in [-0.2, -0.15) is 0 Å². The summed E-state index contributed by atoms with van der Waals surface area (Å²) in [6.07, 6.45) is 1.25. The summed E-state index contributed by atoms with van der Waals surface area (Å²) in [5.74, 6) is -0.632. The lowest BCUT2D eigenvalue weighted by atomic mass is 10.1. The number of aromatic nitrogens is 1. The molecule has 4 aromatic rings. The molecule has 4 N–H and O–H groups in total. The molecule has 0 unspecified atom stereocenters. The number of hydrogen-bond donors (Lipinski definition) is 3. The lowest BCUT2D eigenvalue weighted by molar-refractivity contribution is 0.0698. The van der Waals surface area contributed by atoms with E-state index < -0.39 is 5.97 Å². The maximum Gasteiger partial charge on any atom is 0.338 e. The van der Waals surface area contributed by atoms with Crippen LogP contribution in [0.5, 0.6) is 5.75 Å². The predicted molar refractivity (Wildman–Crippen MR) is 121 cm³/mol. The minimum atomic E-state index is -1.06. The molecule has 7 nitrogen and oxygen atoms in total. The molecule has 2 heterocycles. The fourth-order valence-corrected chi connectivity index (χ4v) is 4.30. The van der Waals surface area contributed by atoms with Gasteiger partial charge in [-0.25, -0.2) is 9.78 Å². The maximum absolute atomic E-state index is 12.5. The van der Waals surface area contributed by atoms with Crippen molar-refractivity contribution in [1.29, 1.82) is 0 Å². The Morgan fingerprint density at radius 3 is 2.77 bits per heavy atom. The van der Waals surface area contributed by atoms with Crippen LogP contribution in [0.15, 0.2) is 60.1 Å². The van der Waals surface area contributed by atoms with E-state index in [0.29, 0.717) is 32.1 Å². The lowest BCUT2D eigenvalue weighted by Gasteiger charge is -2.09. The molecule has 156 valence electrons. The summed E-state index contributed by atoms with van der Waals surface area (Å²) in [5, 5.41) is 15.0. The molecule has 0 aliphatic heterocycles. The van der Waals surface area contributed by atoms with E-state index in [0.717, 1.165) is 5.56 Å². The molecule has 31 heavy (non-hydrogen) atoms. The molecular weight excluding hydrogens is 438 g/mol. The van der Waals surface area contributed by atoms with Gasteiger partial charge >= 0.3 is 5.97 Å². The van der Waals surface area contributed by atoms with Gasteiger partial charge in [0.05, 0.1) is 10.3 Å². The van der Waals surface area contributed by atoms with E-state index in [-0.39, 0.29) is 23.9 Å². The van der Waals surface area contributed by atoms with Crippen molar-refractivity contribution in [2.75, 3.05) is 11.1 Å². The number of ether oxygens (including phenoxy) is 1. The number of carbonyl (C=O) groups is 2. The number of carbonyl (C=O) groups excluding carboxylic acids is 1. The molecule has 2 aromatic heterocycles. The number of aromatic carboxylic acids is 1. The Morgan fingerprint density at radius 2 is 2.00 bits per heavy atom. The number of nitrogens with one attached hydrogen (secondary N) is 1. The first-order chi connectivity index (χ1) is 14.9. The summed E-state index contributed by atoms with van der Waals surface area (Å²) in [7, 11) is 0. The Bertz CT molecular complexity index is 1310. The van der Waals surface area contributed by atoms with Gasteiger partial charge in [-0.3, -0.25) is 4.79 Å². The van der Waals surface area contributed by atoms with Gasteiger partial charge < -0.3 is 20.9 Å². The Labute approximate surface area is 186 Å². The molecule has 4 rings (SSSR count). The van der Waals surface area contributed by atoms with Crippen molar-refractivity contribution in [2.45, 2.75) is 6.61 Å². The van der Waals surface area contributed by atoms with Crippen LogP contribution in [0, 0.1) is 0 Å². The second-order valence-electron chi connectivity index (χ2n) is 6.61. The SMILES string of the molecule is Nc1ncc(C(=O)O)c2scc(COc3cccc(C(=O)Nc4cccc(Cl)c4)c3)c12. The van der Waals surface area contributed by atoms with Crippen molar-refractivity contribution in [3.63, 3.8) is 0 Å². The number of pyridine rings is 1. The molecule has 9 heteroatoms. The number of fused-ring (bicyclic) bond motifs is 1. The topological polar surface area (TPSA) is 115 Å². The van der Waals surface area contributed by atoms with E-state index in [1.807, 2.05) is 0 Å². The average Bonchev–Trinajstić information content (AvgIpc) is 3.17. The van der Waals surface area contributed by atoms with Crippen LogP contribution in [0.25, 0.3) is 10.1 Å². The van der Waals surface area contributed by atoms with Crippen molar-refractivity contribution in [1.82, 2.24) is 4.98 Å². The van der Waals surface area contributed by atoms with Crippen LogP contribution in [0.4, 0.5) is 11.5 Å². The molecular formula is C22H16ClN3O4S. The number of halogens is 1. The third-order valence-electron chi connectivity index (χ3n) is 4.50. The maximum atomic E-state index is 12.5. The molecule has 0 saturated heterocycles. The van der Waals surface area contributed by atoms with Crippen LogP contribution in [0.3, 0.4) is 0 Å². The van der Waals surface area contributed by atoms with Crippen molar-refractivity contribution < 1.29 is 19.4 Å². The third-order valence-corrected chi connectivity index (χ3v) is 5.80. The second kappa shape index (κ2) is 8.63. The van der Waals surface area contributed by atoms with Gasteiger partial charge in [-0.15, -0.1) is 11.3 Å². The van der Waals surface area contributed by atoms with Crippen LogP contribution >= 0.6 is 22.9 Å². The number of carboxylic acid groups (broad SMARTS) is 1. The summed E-state index contributed by atoms with van der Waals surface area (Å²) in [6, 6.07) is 13.6. The van der Waals surface area contributed by atoms with Crippen LogP contribution in [0.1, 0.15) is 26.3 Å². The number of nitrogens with zero attached hydrogens (tertiary/aromatic N) is 1. The first-order valence-corrected chi connectivity index (χ1v) is 10.4. The van der Waals surface area contributed by atoms with Gasteiger partial charge in [0.25, 0.3) is 5.91 Å². The first-order valence-electron chi connectivity index (χ1n) is 9.10. The molecule has 0 radical (unpaired) electrons. The minimum Gasteiger partial charge on any atom is -0.489 e. The Hall–Kier alpha value is -3.62. The summed E-state index contributed by atoms with van der Waals surface area (Å²) < 4.78 is 6.40. The van der Waals surface area contributed by atoms with Crippen molar-refractivity contribution in [2.24, 2.45) is 0 Å². The van der Waals surface area contributed by atoms with Crippen LogP contribution in [-0.2, 0) is 6.61 Å². The normalized spacial score (nSPS) is 10.7. The van der Waals surface area contributed by atoms with E-state index in [2.05, 4.69) is 10.3 Å². The van der Waals surface area contributed by atoms with Crippen molar-refractivity contribution in [3.05, 3.63) is 81.8 Å². The predicted octanol–water partition coefficient (Wildman–Crippen LogP) is 5.06. The van der Waals surface area contributed by atoms with E-state index in [1.54, 1.807) is 53.9 Å². The van der Waals surface area contributed by atoms with Crippen molar-refractivity contribution >= 4 is 56.4 Å². The summed E-state index contributed by atoms with van der Waals surface area (Å²) in [5.41, 5.74) is 7.80. The highest BCUT2D eigenvalue weighted by Gasteiger charge is 2.17. The van der Waals surface area contributed by atoms with Gasteiger partial charge in [0, 0.05) is 33.4 Å².